The minimum Gasteiger partial charge on any atom is -0.497 e. The van der Waals surface area contributed by atoms with E-state index in [4.69, 9.17) is 4.74 Å². The molecule has 0 aliphatic heterocycles. The second kappa shape index (κ2) is 7.57. The predicted molar refractivity (Wildman–Crippen MR) is 93.8 cm³/mol. The Morgan fingerprint density at radius 3 is 2.68 bits per heavy atom. The average Bonchev–Trinajstić information content (AvgIpc) is 3.12. The maximum Gasteiger partial charge on any atom is 0.274 e. The molecular formula is C18H19N5O2. The maximum atomic E-state index is 12.5. The van der Waals surface area contributed by atoms with Gasteiger partial charge in [-0.25, -0.2) is 4.68 Å². The molecule has 1 N–H and O–H groups in total. The molecule has 0 saturated carbocycles. The zero-order valence-corrected chi connectivity index (χ0v) is 14.1. The average molecular weight is 337 g/mol. The summed E-state index contributed by atoms with van der Waals surface area (Å²) >= 11 is 0. The molecule has 0 saturated heterocycles. The zero-order valence-electron chi connectivity index (χ0n) is 14.1. The fourth-order valence-corrected chi connectivity index (χ4v) is 2.42. The Hall–Kier alpha value is -3.22. The number of hydrogen-bond donors (Lipinski definition) is 1. The summed E-state index contributed by atoms with van der Waals surface area (Å²) in [5.74, 6) is 0.494. The molecule has 0 spiro atoms. The summed E-state index contributed by atoms with van der Waals surface area (Å²) in [6.45, 7) is 2.58. The minimum atomic E-state index is -0.250. The van der Waals surface area contributed by atoms with E-state index in [0.29, 0.717) is 12.2 Å². The van der Waals surface area contributed by atoms with E-state index in [9.17, 15) is 4.79 Å². The molecule has 7 nitrogen and oxygen atoms in total. The topological polar surface area (TPSA) is 81.9 Å². The van der Waals surface area contributed by atoms with Crippen molar-refractivity contribution in [2.24, 2.45) is 0 Å². The smallest absolute Gasteiger partial charge is 0.274 e. The Bertz CT molecular complexity index is 844. The number of aromatic nitrogens is 4. The third-order valence-electron chi connectivity index (χ3n) is 3.67. The minimum absolute atomic E-state index is 0.250. The Labute approximate surface area is 145 Å². The van der Waals surface area contributed by atoms with Gasteiger partial charge >= 0.3 is 0 Å². The van der Waals surface area contributed by atoms with Gasteiger partial charge in [0.2, 0.25) is 0 Å². The van der Waals surface area contributed by atoms with Crippen molar-refractivity contribution < 1.29 is 9.53 Å². The van der Waals surface area contributed by atoms with Crippen LogP contribution in [-0.4, -0.2) is 39.5 Å². The number of pyridine rings is 1. The highest BCUT2D eigenvalue weighted by molar-refractivity contribution is 5.98. The largest absolute Gasteiger partial charge is 0.497 e. The van der Waals surface area contributed by atoms with Crippen LogP contribution < -0.4 is 10.1 Å². The lowest BCUT2D eigenvalue weighted by Crippen LogP contribution is -2.25. The number of hydrogen-bond acceptors (Lipinski definition) is 5. The van der Waals surface area contributed by atoms with E-state index in [1.165, 1.54) is 0 Å². The molecule has 0 radical (unpaired) electrons. The van der Waals surface area contributed by atoms with Crippen molar-refractivity contribution >= 4 is 5.91 Å². The van der Waals surface area contributed by atoms with E-state index >= 15 is 0 Å². The van der Waals surface area contributed by atoms with E-state index in [1.54, 1.807) is 24.2 Å². The molecule has 0 aliphatic carbocycles. The van der Waals surface area contributed by atoms with Crippen LogP contribution in [0.2, 0.25) is 0 Å². The van der Waals surface area contributed by atoms with Crippen LogP contribution in [0, 0.1) is 0 Å². The monoisotopic (exact) mass is 337 g/mol. The normalized spacial score (nSPS) is 10.5. The Kier molecular flexibility index (Phi) is 5.03. The number of rotatable bonds is 6. The van der Waals surface area contributed by atoms with Crippen LogP contribution in [0.15, 0.2) is 48.8 Å². The summed E-state index contributed by atoms with van der Waals surface area (Å²) in [7, 11) is 1.61. The number of ether oxygens (including phenoxy) is 1. The molecule has 2 heterocycles. The molecule has 128 valence electrons. The third-order valence-corrected chi connectivity index (χ3v) is 3.67. The summed E-state index contributed by atoms with van der Waals surface area (Å²) in [6.07, 6.45) is 4.22. The van der Waals surface area contributed by atoms with Crippen LogP contribution in [0.25, 0.3) is 16.9 Å². The third kappa shape index (κ3) is 3.50. The van der Waals surface area contributed by atoms with Crippen LogP contribution in [0.1, 0.15) is 23.8 Å². The SMILES string of the molecule is CCCNC(=O)c1nnn(-c2ccc(OC)cc2)c1-c1cccnc1. The lowest BCUT2D eigenvalue weighted by atomic mass is 10.1. The second-order valence-electron chi connectivity index (χ2n) is 5.39. The van der Waals surface area contributed by atoms with Crippen molar-refractivity contribution in [1.29, 1.82) is 0 Å². The van der Waals surface area contributed by atoms with Gasteiger partial charge in [0.25, 0.3) is 5.91 Å². The Morgan fingerprint density at radius 2 is 2.04 bits per heavy atom. The van der Waals surface area contributed by atoms with Crippen molar-refractivity contribution in [3.8, 4) is 22.7 Å². The van der Waals surface area contributed by atoms with Crippen LogP contribution in [0.5, 0.6) is 5.75 Å². The van der Waals surface area contributed by atoms with E-state index < -0.39 is 0 Å². The summed E-state index contributed by atoms with van der Waals surface area (Å²) in [4.78, 5) is 16.6. The van der Waals surface area contributed by atoms with E-state index in [1.807, 2.05) is 43.3 Å². The number of nitrogens with zero attached hydrogens (tertiary/aromatic N) is 4. The molecule has 0 bridgehead atoms. The highest BCUT2D eigenvalue weighted by Crippen LogP contribution is 2.25. The Balaban J connectivity index is 2.09. The van der Waals surface area contributed by atoms with Gasteiger partial charge in [0, 0.05) is 24.5 Å². The lowest BCUT2D eigenvalue weighted by molar-refractivity contribution is 0.0949. The number of methoxy groups -OCH3 is 1. The van der Waals surface area contributed by atoms with Crippen molar-refractivity contribution in [1.82, 2.24) is 25.3 Å². The number of nitrogens with one attached hydrogen (secondary N) is 1. The summed E-state index contributed by atoms with van der Waals surface area (Å²) in [5, 5.41) is 11.1. The Morgan fingerprint density at radius 1 is 1.24 bits per heavy atom. The summed E-state index contributed by atoms with van der Waals surface area (Å²) < 4.78 is 6.82. The van der Waals surface area contributed by atoms with Gasteiger partial charge in [0.1, 0.15) is 11.4 Å². The van der Waals surface area contributed by atoms with Gasteiger partial charge in [-0.15, -0.1) is 5.10 Å². The quantitative estimate of drug-likeness (QED) is 0.747. The first-order chi connectivity index (χ1) is 12.2. The van der Waals surface area contributed by atoms with Crippen molar-refractivity contribution in [3.63, 3.8) is 0 Å². The molecule has 0 unspecified atom stereocenters. The van der Waals surface area contributed by atoms with Crippen LogP contribution in [-0.2, 0) is 0 Å². The van der Waals surface area contributed by atoms with Crippen LogP contribution in [0.3, 0.4) is 0 Å². The first-order valence-corrected chi connectivity index (χ1v) is 8.03. The molecule has 25 heavy (non-hydrogen) atoms. The van der Waals surface area contributed by atoms with E-state index in [2.05, 4.69) is 20.6 Å². The molecule has 3 rings (SSSR count). The van der Waals surface area contributed by atoms with Gasteiger partial charge in [-0.3, -0.25) is 9.78 Å². The van der Waals surface area contributed by atoms with Gasteiger partial charge in [0.15, 0.2) is 5.69 Å². The van der Waals surface area contributed by atoms with Crippen LogP contribution in [0.4, 0.5) is 0 Å². The molecule has 1 aromatic carbocycles. The number of benzene rings is 1. The first-order valence-electron chi connectivity index (χ1n) is 8.03. The van der Waals surface area contributed by atoms with Crippen molar-refractivity contribution in [2.75, 3.05) is 13.7 Å². The highest BCUT2D eigenvalue weighted by atomic mass is 16.5. The summed E-state index contributed by atoms with van der Waals surface area (Å²) in [5.41, 5.74) is 2.43. The van der Waals surface area contributed by atoms with Gasteiger partial charge in [-0.05, 0) is 42.8 Å². The zero-order chi connectivity index (χ0) is 17.6. The molecular weight excluding hydrogens is 318 g/mol. The number of carbonyl (C=O) groups excluding carboxylic acids is 1. The van der Waals surface area contributed by atoms with Gasteiger partial charge in [-0.2, -0.15) is 0 Å². The fourth-order valence-electron chi connectivity index (χ4n) is 2.42. The van der Waals surface area contributed by atoms with Gasteiger partial charge in [0.05, 0.1) is 12.8 Å². The highest BCUT2D eigenvalue weighted by Gasteiger charge is 2.22. The van der Waals surface area contributed by atoms with Gasteiger partial charge < -0.3 is 10.1 Å². The van der Waals surface area contributed by atoms with E-state index in [-0.39, 0.29) is 11.6 Å². The second-order valence-corrected chi connectivity index (χ2v) is 5.39. The molecule has 0 aliphatic rings. The standard InChI is InChI=1S/C18H19N5O2/c1-3-10-20-18(24)16-17(13-5-4-11-19-12-13)23(22-21-16)14-6-8-15(25-2)9-7-14/h4-9,11-12H,3,10H2,1-2H3,(H,20,24). The molecule has 0 fully saturated rings. The number of amides is 1. The molecule has 0 atom stereocenters. The maximum absolute atomic E-state index is 12.5. The van der Waals surface area contributed by atoms with Crippen molar-refractivity contribution in [2.45, 2.75) is 13.3 Å². The molecule has 7 heteroatoms. The first kappa shape index (κ1) is 16.6. The summed E-state index contributed by atoms with van der Waals surface area (Å²) in [6, 6.07) is 11.1. The lowest BCUT2D eigenvalue weighted by Gasteiger charge is -2.09. The molecule has 1 amide bonds. The number of carbonyl (C=O) groups is 1. The van der Waals surface area contributed by atoms with E-state index in [0.717, 1.165) is 23.4 Å². The van der Waals surface area contributed by atoms with Crippen LogP contribution >= 0.6 is 0 Å². The van der Waals surface area contributed by atoms with Crippen molar-refractivity contribution in [3.05, 3.63) is 54.5 Å². The molecule has 2 aromatic heterocycles. The van der Waals surface area contributed by atoms with Gasteiger partial charge in [-0.1, -0.05) is 12.1 Å². The predicted octanol–water partition coefficient (Wildman–Crippen LogP) is 2.48. The fraction of sp³-hybridized carbons (Fsp3) is 0.222. The molecule has 3 aromatic rings.